The van der Waals surface area contributed by atoms with E-state index in [4.69, 9.17) is 4.74 Å². The molecule has 3 aromatic rings. The third-order valence-corrected chi connectivity index (χ3v) is 6.93. The van der Waals surface area contributed by atoms with Gasteiger partial charge in [-0.3, -0.25) is 14.6 Å². The SMILES string of the molecule is CCOC(=O)c1sc(NC(=O)CN2CCN(C(c3ccccc3)c3ccccc3)CC2)nc1C. The second kappa shape index (κ2) is 11.4. The Balaban J connectivity index is 1.35. The van der Waals surface area contributed by atoms with Crippen molar-refractivity contribution in [1.82, 2.24) is 14.8 Å². The lowest BCUT2D eigenvalue weighted by atomic mass is 9.96. The number of hydrogen-bond donors (Lipinski definition) is 1. The molecule has 0 atom stereocenters. The summed E-state index contributed by atoms with van der Waals surface area (Å²) in [6.07, 6.45) is 0. The van der Waals surface area contributed by atoms with E-state index in [1.807, 2.05) is 12.1 Å². The quantitative estimate of drug-likeness (QED) is 0.494. The summed E-state index contributed by atoms with van der Waals surface area (Å²) in [5.74, 6) is -0.527. The van der Waals surface area contributed by atoms with E-state index in [1.165, 1.54) is 11.1 Å². The average molecular weight is 479 g/mol. The Kier molecular flexibility index (Phi) is 8.05. The summed E-state index contributed by atoms with van der Waals surface area (Å²) >= 11 is 1.15. The monoisotopic (exact) mass is 478 g/mol. The molecule has 0 saturated carbocycles. The molecule has 0 aliphatic carbocycles. The minimum atomic E-state index is -0.402. The Labute approximate surface area is 204 Å². The molecule has 4 rings (SSSR count). The highest BCUT2D eigenvalue weighted by atomic mass is 32.1. The van der Waals surface area contributed by atoms with Crippen molar-refractivity contribution in [3.63, 3.8) is 0 Å². The van der Waals surface area contributed by atoms with Crippen molar-refractivity contribution in [3.05, 3.63) is 82.4 Å². The van der Waals surface area contributed by atoms with E-state index in [1.54, 1.807) is 13.8 Å². The standard InChI is InChI=1S/C26H30N4O3S/c1-3-33-25(32)24-19(2)27-26(34-24)28-22(31)18-29-14-16-30(17-15-29)23(20-10-6-4-7-11-20)21-12-8-5-9-13-21/h4-13,23H,3,14-18H2,1-2H3,(H,27,28,31). The van der Waals surface area contributed by atoms with Gasteiger partial charge in [-0.1, -0.05) is 72.0 Å². The predicted molar refractivity (Wildman–Crippen MR) is 134 cm³/mol. The number of carbonyl (C=O) groups excluding carboxylic acids is 2. The average Bonchev–Trinajstić information content (AvgIpc) is 3.21. The summed E-state index contributed by atoms with van der Waals surface area (Å²) in [5.41, 5.74) is 3.12. The zero-order valence-corrected chi connectivity index (χ0v) is 20.4. The molecule has 1 amide bonds. The number of nitrogens with one attached hydrogen (secondary N) is 1. The molecule has 0 bridgehead atoms. The Morgan fingerprint density at radius 3 is 2.15 bits per heavy atom. The highest BCUT2D eigenvalue weighted by Gasteiger charge is 2.27. The zero-order chi connectivity index (χ0) is 23.9. The highest BCUT2D eigenvalue weighted by molar-refractivity contribution is 7.17. The van der Waals surface area contributed by atoms with Crippen LogP contribution in [0.4, 0.5) is 5.13 Å². The molecule has 34 heavy (non-hydrogen) atoms. The van der Waals surface area contributed by atoms with Crippen molar-refractivity contribution in [2.45, 2.75) is 19.9 Å². The Bertz CT molecular complexity index is 1060. The minimum absolute atomic E-state index is 0.125. The first kappa shape index (κ1) is 24.1. The van der Waals surface area contributed by atoms with Gasteiger partial charge in [0, 0.05) is 26.2 Å². The van der Waals surface area contributed by atoms with Crippen LogP contribution < -0.4 is 5.32 Å². The second-order valence-electron chi connectivity index (χ2n) is 8.24. The van der Waals surface area contributed by atoms with Gasteiger partial charge in [-0.05, 0) is 25.0 Å². The lowest BCUT2D eigenvalue weighted by Crippen LogP contribution is -2.49. The number of rotatable bonds is 8. The molecule has 2 heterocycles. The number of aromatic nitrogens is 1. The van der Waals surface area contributed by atoms with Crippen LogP contribution in [0.5, 0.6) is 0 Å². The van der Waals surface area contributed by atoms with Crippen molar-refractivity contribution < 1.29 is 14.3 Å². The van der Waals surface area contributed by atoms with Crippen LogP contribution >= 0.6 is 11.3 Å². The molecule has 7 nitrogen and oxygen atoms in total. The largest absolute Gasteiger partial charge is 0.462 e. The van der Waals surface area contributed by atoms with Gasteiger partial charge in [-0.15, -0.1) is 0 Å². The van der Waals surface area contributed by atoms with Crippen LogP contribution in [0.3, 0.4) is 0 Å². The number of nitrogens with zero attached hydrogens (tertiary/aromatic N) is 3. The van der Waals surface area contributed by atoms with Crippen LogP contribution in [-0.4, -0.2) is 66.0 Å². The third kappa shape index (κ3) is 5.88. The van der Waals surface area contributed by atoms with Crippen LogP contribution in [0, 0.1) is 6.92 Å². The van der Waals surface area contributed by atoms with E-state index in [-0.39, 0.29) is 11.9 Å². The number of hydrogen-bond acceptors (Lipinski definition) is 7. The number of benzene rings is 2. The molecule has 1 saturated heterocycles. The molecule has 2 aromatic carbocycles. The van der Waals surface area contributed by atoms with Gasteiger partial charge in [0.2, 0.25) is 5.91 Å². The van der Waals surface area contributed by atoms with Crippen molar-refractivity contribution in [1.29, 1.82) is 0 Å². The molecule has 0 unspecified atom stereocenters. The summed E-state index contributed by atoms with van der Waals surface area (Å²) < 4.78 is 5.05. The van der Waals surface area contributed by atoms with Crippen molar-refractivity contribution >= 4 is 28.3 Å². The Morgan fingerprint density at radius 1 is 1.00 bits per heavy atom. The maximum absolute atomic E-state index is 12.6. The first-order valence-electron chi connectivity index (χ1n) is 11.6. The number of piperazine rings is 1. The first-order valence-corrected chi connectivity index (χ1v) is 12.4. The van der Waals surface area contributed by atoms with Gasteiger partial charge in [0.05, 0.1) is 24.9 Å². The highest BCUT2D eigenvalue weighted by Crippen LogP contribution is 2.29. The van der Waals surface area contributed by atoms with E-state index in [0.29, 0.717) is 28.9 Å². The predicted octanol–water partition coefficient (Wildman–Crippen LogP) is 3.97. The molecule has 0 spiro atoms. The van der Waals surface area contributed by atoms with E-state index >= 15 is 0 Å². The van der Waals surface area contributed by atoms with Gasteiger partial charge >= 0.3 is 5.97 Å². The molecular formula is C26H30N4O3S. The molecule has 1 aliphatic rings. The van der Waals surface area contributed by atoms with Crippen LogP contribution in [-0.2, 0) is 9.53 Å². The fourth-order valence-corrected chi connectivity index (χ4v) is 5.14. The number of ether oxygens (including phenoxy) is 1. The van der Waals surface area contributed by atoms with Crippen molar-refractivity contribution in [2.75, 3.05) is 44.6 Å². The normalized spacial score (nSPS) is 14.8. The lowest BCUT2D eigenvalue weighted by Gasteiger charge is -2.39. The second-order valence-corrected chi connectivity index (χ2v) is 9.24. The number of thiazole rings is 1. The fourth-order valence-electron chi connectivity index (χ4n) is 4.26. The Morgan fingerprint density at radius 2 is 1.59 bits per heavy atom. The molecule has 1 N–H and O–H groups in total. The first-order chi connectivity index (χ1) is 16.5. The zero-order valence-electron chi connectivity index (χ0n) is 19.6. The molecular weight excluding hydrogens is 448 g/mol. The van der Waals surface area contributed by atoms with Crippen LogP contribution in [0.1, 0.15) is 39.5 Å². The molecule has 178 valence electrons. The topological polar surface area (TPSA) is 74.8 Å². The number of anilines is 1. The van der Waals surface area contributed by atoms with E-state index in [9.17, 15) is 9.59 Å². The Hall–Kier alpha value is -3.07. The molecule has 1 aromatic heterocycles. The minimum Gasteiger partial charge on any atom is -0.462 e. The number of amides is 1. The van der Waals surface area contributed by atoms with Gasteiger partial charge in [0.15, 0.2) is 5.13 Å². The van der Waals surface area contributed by atoms with Crippen LogP contribution in [0.15, 0.2) is 60.7 Å². The van der Waals surface area contributed by atoms with E-state index in [2.05, 4.69) is 68.6 Å². The van der Waals surface area contributed by atoms with Gasteiger partial charge in [0.25, 0.3) is 0 Å². The number of carbonyl (C=O) groups is 2. The maximum Gasteiger partial charge on any atom is 0.350 e. The number of esters is 1. The molecule has 1 fully saturated rings. The fraction of sp³-hybridized carbons (Fsp3) is 0.346. The van der Waals surface area contributed by atoms with Gasteiger partial charge in [0.1, 0.15) is 4.88 Å². The molecule has 0 radical (unpaired) electrons. The van der Waals surface area contributed by atoms with E-state index in [0.717, 1.165) is 37.5 Å². The summed E-state index contributed by atoms with van der Waals surface area (Å²) in [7, 11) is 0. The third-order valence-electron chi connectivity index (χ3n) is 5.87. The van der Waals surface area contributed by atoms with Crippen LogP contribution in [0.25, 0.3) is 0 Å². The lowest BCUT2D eigenvalue weighted by molar-refractivity contribution is -0.117. The smallest absolute Gasteiger partial charge is 0.350 e. The number of aryl methyl sites for hydroxylation is 1. The summed E-state index contributed by atoms with van der Waals surface area (Å²) in [5, 5.41) is 3.27. The summed E-state index contributed by atoms with van der Waals surface area (Å²) in [6.45, 7) is 7.44. The van der Waals surface area contributed by atoms with Gasteiger partial charge in [-0.25, -0.2) is 9.78 Å². The van der Waals surface area contributed by atoms with Gasteiger partial charge in [-0.2, -0.15) is 0 Å². The van der Waals surface area contributed by atoms with Crippen molar-refractivity contribution in [3.8, 4) is 0 Å². The maximum atomic E-state index is 12.6. The summed E-state index contributed by atoms with van der Waals surface area (Å²) in [4.78, 5) is 34.0. The molecule has 1 aliphatic heterocycles. The van der Waals surface area contributed by atoms with Crippen molar-refractivity contribution in [2.24, 2.45) is 0 Å². The van der Waals surface area contributed by atoms with Crippen LogP contribution in [0.2, 0.25) is 0 Å². The summed E-state index contributed by atoms with van der Waals surface area (Å²) in [6, 6.07) is 21.3. The van der Waals surface area contributed by atoms with Gasteiger partial charge < -0.3 is 10.1 Å². The molecule has 8 heteroatoms. The van der Waals surface area contributed by atoms with E-state index < -0.39 is 5.97 Å².